The molecular weight excluding hydrogens is 328 g/mol. The summed E-state index contributed by atoms with van der Waals surface area (Å²) in [6.45, 7) is 0.329. The molecule has 4 nitrogen and oxygen atoms in total. The third-order valence-electron chi connectivity index (χ3n) is 2.18. The summed E-state index contributed by atoms with van der Waals surface area (Å²) in [7, 11) is 0. The third kappa shape index (κ3) is 2.21. The second-order valence-corrected chi connectivity index (χ2v) is 4.99. The molecule has 1 fully saturated rings. The Hall–Kier alpha value is -0.460. The number of aliphatic hydroxyl groups is 1. The monoisotopic (exact) mass is 334 g/mol. The van der Waals surface area contributed by atoms with Crippen molar-refractivity contribution < 1.29 is 9.90 Å². The molecule has 0 aliphatic carbocycles. The number of carbonyl (C=O) groups is 1. The zero-order chi connectivity index (χ0) is 11.0. The lowest BCUT2D eigenvalue weighted by Crippen LogP contribution is -2.25. The largest absolute Gasteiger partial charge is 0.391 e. The third-order valence-corrected chi connectivity index (χ3v) is 3.23. The summed E-state index contributed by atoms with van der Waals surface area (Å²) in [6.07, 6.45) is 1.24. The smallest absolute Gasteiger partial charge is 0.229 e. The van der Waals surface area contributed by atoms with E-state index in [2.05, 4.69) is 36.8 Å². The van der Waals surface area contributed by atoms with Crippen LogP contribution in [0.25, 0.3) is 0 Å². The Kier molecular flexibility index (Phi) is 3.08. The zero-order valence-electron chi connectivity index (χ0n) is 7.65. The fourth-order valence-electron chi connectivity index (χ4n) is 1.52. The molecule has 1 atom stereocenters. The number of β-amino-alcohol motifs (C(OH)–C–C–N with tert-alkyl or cyclic N) is 1. The van der Waals surface area contributed by atoms with Crippen LogP contribution in [-0.2, 0) is 4.79 Å². The number of hydrogen-bond acceptors (Lipinski definition) is 3. The molecular formula is C9H8Br2N2O2. The predicted molar refractivity (Wildman–Crippen MR) is 62.6 cm³/mol. The minimum atomic E-state index is -0.580. The van der Waals surface area contributed by atoms with E-state index in [1.54, 1.807) is 12.3 Å². The van der Waals surface area contributed by atoms with Crippen molar-refractivity contribution in [2.24, 2.45) is 0 Å². The first kappa shape index (κ1) is 11.0. The summed E-state index contributed by atoms with van der Waals surface area (Å²) in [5.41, 5.74) is 0.686. The number of anilines is 1. The quantitative estimate of drug-likeness (QED) is 0.795. The molecule has 1 amide bonds. The van der Waals surface area contributed by atoms with Gasteiger partial charge in [0.05, 0.1) is 24.8 Å². The number of rotatable bonds is 1. The molecule has 0 spiro atoms. The molecule has 2 rings (SSSR count). The van der Waals surface area contributed by atoms with Gasteiger partial charge >= 0.3 is 0 Å². The Morgan fingerprint density at radius 2 is 2.27 bits per heavy atom. The lowest BCUT2D eigenvalue weighted by molar-refractivity contribution is -0.117. The van der Waals surface area contributed by atoms with Gasteiger partial charge in [0.1, 0.15) is 4.60 Å². The summed E-state index contributed by atoms with van der Waals surface area (Å²) in [4.78, 5) is 17.2. The van der Waals surface area contributed by atoms with Crippen LogP contribution in [-0.4, -0.2) is 28.6 Å². The van der Waals surface area contributed by atoms with Gasteiger partial charge in [-0.05, 0) is 37.9 Å². The highest BCUT2D eigenvalue weighted by Crippen LogP contribution is 2.30. The number of amides is 1. The predicted octanol–water partition coefficient (Wildman–Crippen LogP) is 1.70. The molecule has 1 aliphatic rings. The molecule has 0 aromatic carbocycles. The second-order valence-electron chi connectivity index (χ2n) is 3.33. The molecule has 0 saturated carbocycles. The second kappa shape index (κ2) is 4.19. The molecule has 1 N–H and O–H groups in total. The number of halogens is 2. The summed E-state index contributed by atoms with van der Waals surface area (Å²) >= 11 is 6.58. The Labute approximate surface area is 104 Å². The summed E-state index contributed by atoms with van der Waals surface area (Å²) in [5.74, 6) is -0.0805. The van der Waals surface area contributed by atoms with Gasteiger partial charge in [-0.1, -0.05) is 0 Å². The molecule has 0 radical (unpaired) electrons. The molecule has 6 heteroatoms. The summed E-state index contributed by atoms with van der Waals surface area (Å²) in [6, 6.07) is 1.80. The van der Waals surface area contributed by atoms with E-state index in [-0.39, 0.29) is 12.3 Å². The minimum Gasteiger partial charge on any atom is -0.391 e. The first-order valence-electron chi connectivity index (χ1n) is 4.37. The van der Waals surface area contributed by atoms with E-state index in [1.807, 2.05) is 0 Å². The van der Waals surface area contributed by atoms with Crippen LogP contribution < -0.4 is 4.90 Å². The van der Waals surface area contributed by atoms with Crippen molar-refractivity contribution in [2.45, 2.75) is 12.5 Å². The Balaban J connectivity index is 2.37. The molecule has 1 unspecified atom stereocenters. The lowest BCUT2D eigenvalue weighted by Gasteiger charge is -2.16. The highest BCUT2D eigenvalue weighted by molar-refractivity contribution is 9.11. The summed E-state index contributed by atoms with van der Waals surface area (Å²) < 4.78 is 1.41. The molecule has 2 heterocycles. The van der Waals surface area contributed by atoms with Gasteiger partial charge < -0.3 is 10.0 Å². The van der Waals surface area contributed by atoms with E-state index >= 15 is 0 Å². The lowest BCUT2D eigenvalue weighted by atomic mass is 10.3. The maximum absolute atomic E-state index is 11.6. The van der Waals surface area contributed by atoms with Crippen molar-refractivity contribution in [2.75, 3.05) is 11.4 Å². The fourth-order valence-corrected chi connectivity index (χ4v) is 2.27. The highest BCUT2D eigenvalue weighted by atomic mass is 79.9. The van der Waals surface area contributed by atoms with Crippen LogP contribution in [0.4, 0.5) is 5.69 Å². The summed E-state index contributed by atoms with van der Waals surface area (Å²) in [5, 5.41) is 9.38. The van der Waals surface area contributed by atoms with Gasteiger partial charge in [0.25, 0.3) is 0 Å². The van der Waals surface area contributed by atoms with Crippen molar-refractivity contribution in [3.63, 3.8) is 0 Å². The van der Waals surface area contributed by atoms with E-state index in [4.69, 9.17) is 0 Å². The Bertz CT molecular complexity index is 411. The molecule has 1 aromatic heterocycles. The first-order chi connectivity index (χ1) is 7.08. The fraction of sp³-hybridized carbons (Fsp3) is 0.333. The molecule has 0 bridgehead atoms. The van der Waals surface area contributed by atoms with E-state index in [9.17, 15) is 9.90 Å². The van der Waals surface area contributed by atoms with Crippen LogP contribution in [0.3, 0.4) is 0 Å². The Morgan fingerprint density at radius 3 is 2.87 bits per heavy atom. The topological polar surface area (TPSA) is 53.4 Å². The van der Waals surface area contributed by atoms with Crippen molar-refractivity contribution in [1.82, 2.24) is 4.98 Å². The number of nitrogens with zero attached hydrogens (tertiary/aromatic N) is 2. The molecule has 80 valence electrons. The average Bonchev–Trinajstić information content (AvgIpc) is 2.50. The number of aromatic nitrogens is 1. The Morgan fingerprint density at radius 1 is 1.53 bits per heavy atom. The van der Waals surface area contributed by atoms with Crippen molar-refractivity contribution >= 4 is 43.5 Å². The van der Waals surface area contributed by atoms with Gasteiger partial charge in [-0.15, -0.1) is 0 Å². The maximum atomic E-state index is 11.6. The van der Waals surface area contributed by atoms with Crippen LogP contribution in [0.5, 0.6) is 0 Å². The molecule has 1 aliphatic heterocycles. The van der Waals surface area contributed by atoms with Crippen molar-refractivity contribution in [1.29, 1.82) is 0 Å². The van der Waals surface area contributed by atoms with Crippen LogP contribution in [0.1, 0.15) is 6.42 Å². The SMILES string of the molecule is O=C1CC(O)CN1c1cc(Br)cnc1Br. The van der Waals surface area contributed by atoms with E-state index < -0.39 is 6.10 Å². The van der Waals surface area contributed by atoms with E-state index in [0.29, 0.717) is 16.8 Å². The van der Waals surface area contributed by atoms with Crippen LogP contribution in [0.2, 0.25) is 0 Å². The normalized spacial score (nSPS) is 21.1. The average molecular weight is 336 g/mol. The maximum Gasteiger partial charge on any atom is 0.229 e. The van der Waals surface area contributed by atoms with Crippen LogP contribution in [0, 0.1) is 0 Å². The number of hydrogen-bond donors (Lipinski definition) is 1. The standard InChI is InChI=1S/C9H8Br2N2O2/c10-5-1-7(9(11)12-3-5)13-4-6(14)2-8(13)15/h1,3,6,14H,2,4H2. The van der Waals surface area contributed by atoms with Gasteiger partial charge in [-0.3, -0.25) is 4.79 Å². The van der Waals surface area contributed by atoms with Gasteiger partial charge in [0.2, 0.25) is 5.91 Å². The van der Waals surface area contributed by atoms with Gasteiger partial charge in [0, 0.05) is 10.7 Å². The van der Waals surface area contributed by atoms with Crippen molar-refractivity contribution in [3.05, 3.63) is 21.3 Å². The molecule has 15 heavy (non-hydrogen) atoms. The minimum absolute atomic E-state index is 0.0805. The van der Waals surface area contributed by atoms with Gasteiger partial charge in [0.15, 0.2) is 0 Å². The van der Waals surface area contributed by atoms with Crippen LogP contribution in [0.15, 0.2) is 21.3 Å². The molecule has 1 saturated heterocycles. The van der Waals surface area contributed by atoms with Crippen molar-refractivity contribution in [3.8, 4) is 0 Å². The van der Waals surface area contributed by atoms with Crippen LogP contribution >= 0.6 is 31.9 Å². The number of carbonyl (C=O) groups excluding carboxylic acids is 1. The molecule has 1 aromatic rings. The van der Waals surface area contributed by atoms with Gasteiger partial charge in [-0.25, -0.2) is 4.98 Å². The van der Waals surface area contributed by atoms with E-state index in [1.165, 1.54) is 4.90 Å². The van der Waals surface area contributed by atoms with Gasteiger partial charge in [-0.2, -0.15) is 0 Å². The number of pyridine rings is 1. The first-order valence-corrected chi connectivity index (χ1v) is 5.96. The number of aliphatic hydroxyl groups excluding tert-OH is 1. The van der Waals surface area contributed by atoms with E-state index in [0.717, 1.165) is 4.47 Å². The zero-order valence-corrected chi connectivity index (χ0v) is 10.8. The highest BCUT2D eigenvalue weighted by Gasteiger charge is 2.30.